The Morgan fingerprint density at radius 2 is 2.00 bits per heavy atom. The summed E-state index contributed by atoms with van der Waals surface area (Å²) in [6.45, 7) is 13.9. The number of rotatable bonds is 8. The molecule has 2 aromatic rings. The minimum atomic E-state index is -0.0702. The van der Waals surface area contributed by atoms with Gasteiger partial charge in [-0.2, -0.15) is 0 Å². The van der Waals surface area contributed by atoms with Crippen LogP contribution in [0, 0.1) is 5.92 Å². The summed E-state index contributed by atoms with van der Waals surface area (Å²) < 4.78 is 5.82. The van der Waals surface area contributed by atoms with Crippen LogP contribution in [0.25, 0.3) is 0 Å². The highest BCUT2D eigenvalue weighted by molar-refractivity contribution is 5.92. The molecular formula is C23H35N5O2. The van der Waals surface area contributed by atoms with E-state index in [0.717, 1.165) is 30.0 Å². The Labute approximate surface area is 179 Å². The topological polar surface area (TPSA) is 91.5 Å². The van der Waals surface area contributed by atoms with E-state index in [1.807, 2.05) is 45.0 Å². The number of aliphatic imine (C=N–C) groups is 1. The molecule has 1 aromatic carbocycles. The van der Waals surface area contributed by atoms with E-state index in [2.05, 4.69) is 46.7 Å². The van der Waals surface area contributed by atoms with Gasteiger partial charge in [0.15, 0.2) is 5.96 Å². The lowest BCUT2D eigenvalue weighted by Gasteiger charge is -2.13. The number of hydrogen-bond donors (Lipinski definition) is 3. The predicted molar refractivity (Wildman–Crippen MR) is 121 cm³/mol. The van der Waals surface area contributed by atoms with Gasteiger partial charge in [-0.25, -0.2) is 9.98 Å². The van der Waals surface area contributed by atoms with Gasteiger partial charge in [-0.3, -0.25) is 4.79 Å². The van der Waals surface area contributed by atoms with Crippen molar-refractivity contribution in [2.45, 2.75) is 66.5 Å². The number of aromatic nitrogens is 1. The molecule has 0 bridgehead atoms. The number of benzene rings is 1. The fraction of sp³-hybridized carbons (Fsp3) is 0.522. The molecule has 3 N–H and O–H groups in total. The lowest BCUT2D eigenvalue weighted by atomic mass is 9.94. The third-order valence-corrected chi connectivity index (χ3v) is 4.72. The lowest BCUT2D eigenvalue weighted by molar-refractivity contribution is -0.119. The van der Waals surface area contributed by atoms with Crippen molar-refractivity contribution >= 4 is 17.6 Å². The number of hydrogen-bond acceptors (Lipinski definition) is 4. The largest absolute Gasteiger partial charge is 0.443 e. The molecule has 164 valence electrons. The average Bonchev–Trinajstić information content (AvgIpc) is 3.19. The molecule has 2 rings (SSSR count). The zero-order valence-corrected chi connectivity index (χ0v) is 19.0. The Kier molecular flexibility index (Phi) is 8.45. The molecule has 0 saturated heterocycles. The summed E-state index contributed by atoms with van der Waals surface area (Å²) >= 11 is 0. The van der Waals surface area contributed by atoms with Crippen LogP contribution in [-0.2, 0) is 23.3 Å². The van der Waals surface area contributed by atoms with Gasteiger partial charge >= 0.3 is 0 Å². The van der Waals surface area contributed by atoms with Crippen molar-refractivity contribution in [3.05, 3.63) is 47.7 Å². The van der Waals surface area contributed by atoms with Gasteiger partial charge in [0.05, 0.1) is 19.3 Å². The molecule has 0 fully saturated rings. The second-order valence-electron chi connectivity index (χ2n) is 8.42. The van der Waals surface area contributed by atoms with Crippen LogP contribution in [0.2, 0.25) is 0 Å². The highest BCUT2D eigenvalue weighted by atomic mass is 16.4. The van der Waals surface area contributed by atoms with E-state index >= 15 is 0 Å². The standard InChI is InChI=1S/C23H35N5O2/c1-7-16(3)21(29)28-18-11-9-10-17(12-18)13-26-22(24-8-2)27-15-20-25-14-19(30-20)23(4,5)6/h9-12,14,16H,7-8,13,15H2,1-6H3,(H,28,29)(H2,24,26,27). The van der Waals surface area contributed by atoms with E-state index in [1.54, 1.807) is 6.20 Å². The Balaban J connectivity index is 1.99. The SMILES string of the molecule is CCNC(=NCc1cccc(NC(=O)C(C)CC)c1)NCc1ncc(C(C)(C)C)o1. The minimum Gasteiger partial charge on any atom is -0.443 e. The Morgan fingerprint density at radius 3 is 2.63 bits per heavy atom. The van der Waals surface area contributed by atoms with Crippen LogP contribution in [0.3, 0.4) is 0 Å². The van der Waals surface area contributed by atoms with Crippen LogP contribution in [-0.4, -0.2) is 23.4 Å². The van der Waals surface area contributed by atoms with Crippen LogP contribution in [0.5, 0.6) is 0 Å². The number of carbonyl (C=O) groups is 1. The van der Waals surface area contributed by atoms with E-state index < -0.39 is 0 Å². The third-order valence-electron chi connectivity index (χ3n) is 4.72. The molecular weight excluding hydrogens is 378 g/mol. The fourth-order valence-electron chi connectivity index (χ4n) is 2.61. The van der Waals surface area contributed by atoms with Crippen molar-refractivity contribution in [2.75, 3.05) is 11.9 Å². The zero-order valence-electron chi connectivity index (χ0n) is 19.0. The highest BCUT2D eigenvalue weighted by Crippen LogP contribution is 2.22. The molecule has 7 heteroatoms. The predicted octanol–water partition coefficient (Wildman–Crippen LogP) is 4.21. The number of carbonyl (C=O) groups excluding carboxylic acids is 1. The lowest BCUT2D eigenvalue weighted by Crippen LogP contribution is -2.36. The Hall–Kier alpha value is -2.83. The number of amides is 1. The maximum absolute atomic E-state index is 12.1. The summed E-state index contributed by atoms with van der Waals surface area (Å²) in [6, 6.07) is 7.78. The van der Waals surface area contributed by atoms with E-state index in [-0.39, 0.29) is 17.2 Å². The van der Waals surface area contributed by atoms with Gasteiger partial charge in [0, 0.05) is 23.6 Å². The molecule has 0 spiro atoms. The summed E-state index contributed by atoms with van der Waals surface area (Å²) in [5.74, 6) is 2.19. The number of guanidine groups is 1. The molecule has 30 heavy (non-hydrogen) atoms. The van der Waals surface area contributed by atoms with Crippen molar-refractivity contribution in [3.8, 4) is 0 Å². The highest BCUT2D eigenvalue weighted by Gasteiger charge is 2.19. The second kappa shape index (κ2) is 10.8. The molecule has 1 unspecified atom stereocenters. The van der Waals surface area contributed by atoms with Crippen LogP contribution < -0.4 is 16.0 Å². The molecule has 1 aromatic heterocycles. The van der Waals surface area contributed by atoms with E-state index in [4.69, 9.17) is 4.42 Å². The van der Waals surface area contributed by atoms with Gasteiger partial charge in [-0.15, -0.1) is 0 Å². The number of nitrogens with zero attached hydrogens (tertiary/aromatic N) is 2. The van der Waals surface area contributed by atoms with E-state index in [9.17, 15) is 4.79 Å². The summed E-state index contributed by atoms with van der Waals surface area (Å²) in [5, 5.41) is 9.45. The third kappa shape index (κ3) is 7.21. The summed E-state index contributed by atoms with van der Waals surface area (Å²) in [7, 11) is 0. The van der Waals surface area contributed by atoms with E-state index in [0.29, 0.717) is 24.9 Å². The van der Waals surface area contributed by atoms with Crippen molar-refractivity contribution in [2.24, 2.45) is 10.9 Å². The van der Waals surface area contributed by atoms with Crippen LogP contribution in [0.15, 0.2) is 39.9 Å². The molecule has 0 aliphatic heterocycles. The molecule has 1 atom stereocenters. The Morgan fingerprint density at radius 1 is 1.23 bits per heavy atom. The van der Waals surface area contributed by atoms with Gasteiger partial charge in [-0.1, -0.05) is 46.8 Å². The molecule has 0 aliphatic carbocycles. The summed E-state index contributed by atoms with van der Waals surface area (Å²) in [6.07, 6.45) is 2.59. The smallest absolute Gasteiger partial charge is 0.227 e. The molecule has 1 amide bonds. The molecule has 0 aliphatic rings. The van der Waals surface area contributed by atoms with Crippen molar-refractivity contribution in [1.82, 2.24) is 15.6 Å². The maximum Gasteiger partial charge on any atom is 0.227 e. The monoisotopic (exact) mass is 413 g/mol. The van der Waals surface area contributed by atoms with Gasteiger partial charge in [0.2, 0.25) is 11.8 Å². The normalized spacial score (nSPS) is 13.1. The average molecular weight is 414 g/mol. The molecule has 0 radical (unpaired) electrons. The summed E-state index contributed by atoms with van der Waals surface area (Å²) in [5.41, 5.74) is 1.74. The summed E-state index contributed by atoms with van der Waals surface area (Å²) in [4.78, 5) is 21.1. The Bertz CT molecular complexity index is 851. The van der Waals surface area contributed by atoms with Crippen LogP contribution in [0.1, 0.15) is 65.2 Å². The second-order valence-corrected chi connectivity index (χ2v) is 8.42. The van der Waals surface area contributed by atoms with Crippen LogP contribution in [0.4, 0.5) is 5.69 Å². The first-order chi connectivity index (χ1) is 14.2. The minimum absolute atomic E-state index is 0.00903. The first-order valence-corrected chi connectivity index (χ1v) is 10.6. The van der Waals surface area contributed by atoms with E-state index in [1.165, 1.54) is 0 Å². The molecule has 1 heterocycles. The first-order valence-electron chi connectivity index (χ1n) is 10.6. The van der Waals surface area contributed by atoms with Gasteiger partial charge in [0.1, 0.15) is 5.76 Å². The van der Waals surface area contributed by atoms with Gasteiger partial charge in [0.25, 0.3) is 0 Å². The maximum atomic E-state index is 12.1. The van der Waals surface area contributed by atoms with Crippen LogP contribution >= 0.6 is 0 Å². The van der Waals surface area contributed by atoms with Gasteiger partial charge in [-0.05, 0) is 31.0 Å². The van der Waals surface area contributed by atoms with Crippen molar-refractivity contribution in [1.29, 1.82) is 0 Å². The first kappa shape index (κ1) is 23.4. The quantitative estimate of drug-likeness (QED) is 0.445. The zero-order chi connectivity index (χ0) is 22.1. The molecule has 7 nitrogen and oxygen atoms in total. The fourth-order valence-corrected chi connectivity index (χ4v) is 2.61. The number of oxazole rings is 1. The molecule has 0 saturated carbocycles. The number of anilines is 1. The van der Waals surface area contributed by atoms with Crippen molar-refractivity contribution < 1.29 is 9.21 Å². The van der Waals surface area contributed by atoms with Gasteiger partial charge < -0.3 is 20.4 Å². The van der Waals surface area contributed by atoms with Crippen molar-refractivity contribution in [3.63, 3.8) is 0 Å². The number of nitrogens with one attached hydrogen (secondary N) is 3.